The maximum atomic E-state index is 13.1. The Hall–Kier alpha value is -1.68. The zero-order valence-electron chi connectivity index (χ0n) is 8.97. The van der Waals surface area contributed by atoms with Crippen molar-refractivity contribution in [3.8, 4) is 0 Å². The van der Waals surface area contributed by atoms with Crippen molar-refractivity contribution in [3.05, 3.63) is 53.9 Å². The Bertz CT molecular complexity index is 481. The molecule has 0 spiro atoms. The van der Waals surface area contributed by atoms with Gasteiger partial charge >= 0.3 is 0 Å². The molecule has 0 bridgehead atoms. The first-order chi connectivity index (χ1) is 7.72. The van der Waals surface area contributed by atoms with Gasteiger partial charge in [0.15, 0.2) is 0 Å². The molecule has 0 aliphatic rings. The lowest BCUT2D eigenvalue weighted by atomic mass is 10.1. The molecule has 1 unspecified atom stereocenters. The predicted octanol–water partition coefficient (Wildman–Crippen LogP) is 2.12. The number of imidazole rings is 1. The van der Waals surface area contributed by atoms with Gasteiger partial charge in [0.2, 0.25) is 0 Å². The number of hydrogen-bond donors (Lipinski definition) is 1. The molecule has 0 fully saturated rings. The Morgan fingerprint density at radius 2 is 2.31 bits per heavy atom. The van der Waals surface area contributed by atoms with Crippen LogP contribution in [0.2, 0.25) is 0 Å². The van der Waals surface area contributed by atoms with E-state index in [1.165, 1.54) is 12.1 Å². The average molecular weight is 220 g/mol. The molecule has 1 atom stereocenters. The number of aliphatic hydroxyl groups is 1. The Balaban J connectivity index is 2.35. The molecule has 0 amide bonds. The molecule has 1 aromatic carbocycles. The summed E-state index contributed by atoms with van der Waals surface area (Å²) >= 11 is 0. The van der Waals surface area contributed by atoms with Crippen LogP contribution in [0, 0.1) is 5.82 Å². The molecule has 1 heterocycles. The summed E-state index contributed by atoms with van der Waals surface area (Å²) in [6, 6.07) is 6.40. The van der Waals surface area contributed by atoms with Crippen LogP contribution in [0.4, 0.5) is 4.39 Å². The summed E-state index contributed by atoms with van der Waals surface area (Å²) in [6.07, 6.45) is 3.25. The molecule has 0 aliphatic carbocycles. The molecule has 84 valence electrons. The fourth-order valence-corrected chi connectivity index (χ4v) is 1.73. The van der Waals surface area contributed by atoms with Gasteiger partial charge in [0.25, 0.3) is 0 Å². The largest absolute Gasteiger partial charge is 0.390 e. The minimum Gasteiger partial charge on any atom is -0.390 e. The SMILES string of the molecule is CC(c1cccc(F)c1)n1cncc1CO. The number of rotatable bonds is 3. The fraction of sp³-hybridized carbons (Fsp3) is 0.250. The number of nitrogens with zero attached hydrogens (tertiary/aromatic N) is 2. The third kappa shape index (κ3) is 1.97. The first-order valence-corrected chi connectivity index (χ1v) is 5.09. The zero-order valence-corrected chi connectivity index (χ0v) is 8.97. The lowest BCUT2D eigenvalue weighted by Gasteiger charge is -2.16. The first kappa shape index (κ1) is 10.8. The molecule has 16 heavy (non-hydrogen) atoms. The molecule has 2 rings (SSSR count). The van der Waals surface area contributed by atoms with Gasteiger partial charge in [-0.1, -0.05) is 12.1 Å². The van der Waals surface area contributed by atoms with Gasteiger partial charge in [-0.15, -0.1) is 0 Å². The molecule has 0 radical (unpaired) electrons. The van der Waals surface area contributed by atoms with E-state index in [0.717, 1.165) is 11.3 Å². The molecule has 3 nitrogen and oxygen atoms in total. The quantitative estimate of drug-likeness (QED) is 0.860. The topological polar surface area (TPSA) is 38.0 Å². The molecule has 0 aliphatic heterocycles. The van der Waals surface area contributed by atoms with Crippen LogP contribution in [0.15, 0.2) is 36.8 Å². The summed E-state index contributed by atoms with van der Waals surface area (Å²) in [5.74, 6) is -0.255. The normalized spacial score (nSPS) is 12.7. The number of benzene rings is 1. The Labute approximate surface area is 93.2 Å². The van der Waals surface area contributed by atoms with Gasteiger partial charge in [0, 0.05) is 0 Å². The van der Waals surface area contributed by atoms with E-state index in [1.54, 1.807) is 18.6 Å². The van der Waals surface area contributed by atoms with E-state index < -0.39 is 0 Å². The van der Waals surface area contributed by atoms with Crippen molar-refractivity contribution < 1.29 is 9.50 Å². The molecule has 4 heteroatoms. The zero-order chi connectivity index (χ0) is 11.5. The van der Waals surface area contributed by atoms with Crippen molar-refractivity contribution in [3.63, 3.8) is 0 Å². The van der Waals surface area contributed by atoms with E-state index >= 15 is 0 Å². The first-order valence-electron chi connectivity index (χ1n) is 5.09. The van der Waals surface area contributed by atoms with E-state index in [9.17, 15) is 4.39 Å². The summed E-state index contributed by atoms with van der Waals surface area (Å²) in [5, 5.41) is 9.12. The average Bonchev–Trinajstić information content (AvgIpc) is 2.76. The predicted molar refractivity (Wildman–Crippen MR) is 58.4 cm³/mol. The van der Waals surface area contributed by atoms with Crippen LogP contribution in [-0.4, -0.2) is 14.7 Å². The third-order valence-electron chi connectivity index (χ3n) is 2.66. The lowest BCUT2D eigenvalue weighted by Crippen LogP contribution is -2.09. The minimum atomic E-state index is -0.255. The van der Waals surface area contributed by atoms with Gasteiger partial charge in [-0.05, 0) is 24.6 Å². The highest BCUT2D eigenvalue weighted by atomic mass is 19.1. The second-order valence-corrected chi connectivity index (χ2v) is 3.68. The van der Waals surface area contributed by atoms with Crippen LogP contribution < -0.4 is 0 Å². The molecule has 2 aromatic rings. The van der Waals surface area contributed by atoms with Gasteiger partial charge in [-0.3, -0.25) is 0 Å². The number of aliphatic hydroxyl groups excluding tert-OH is 1. The summed E-state index contributed by atoms with van der Waals surface area (Å²) in [4.78, 5) is 3.97. The van der Waals surface area contributed by atoms with Crippen molar-refractivity contribution in [1.82, 2.24) is 9.55 Å². The Kier molecular flexibility index (Phi) is 3.01. The van der Waals surface area contributed by atoms with E-state index in [2.05, 4.69) is 4.98 Å². The molecule has 0 saturated carbocycles. The summed E-state index contributed by atoms with van der Waals surface area (Å²) in [6.45, 7) is 1.87. The van der Waals surface area contributed by atoms with Crippen LogP contribution >= 0.6 is 0 Å². The second kappa shape index (κ2) is 4.45. The van der Waals surface area contributed by atoms with Crippen molar-refractivity contribution in [2.75, 3.05) is 0 Å². The minimum absolute atomic E-state index is 0.0413. The highest BCUT2D eigenvalue weighted by Crippen LogP contribution is 2.20. The monoisotopic (exact) mass is 220 g/mol. The van der Waals surface area contributed by atoms with Crippen LogP contribution in [0.1, 0.15) is 24.2 Å². The highest BCUT2D eigenvalue weighted by molar-refractivity contribution is 5.21. The number of halogens is 1. The van der Waals surface area contributed by atoms with Crippen molar-refractivity contribution >= 4 is 0 Å². The Morgan fingerprint density at radius 3 is 3.00 bits per heavy atom. The maximum absolute atomic E-state index is 13.1. The second-order valence-electron chi connectivity index (χ2n) is 3.68. The summed E-state index contributed by atoms with van der Waals surface area (Å²) in [7, 11) is 0. The number of aromatic nitrogens is 2. The van der Waals surface area contributed by atoms with Crippen LogP contribution in [-0.2, 0) is 6.61 Å². The smallest absolute Gasteiger partial charge is 0.123 e. The van der Waals surface area contributed by atoms with Crippen molar-refractivity contribution in [2.45, 2.75) is 19.6 Å². The van der Waals surface area contributed by atoms with Crippen LogP contribution in [0.3, 0.4) is 0 Å². The summed E-state index contributed by atoms with van der Waals surface area (Å²) < 4.78 is 14.9. The van der Waals surface area contributed by atoms with E-state index in [0.29, 0.717) is 0 Å². The lowest BCUT2D eigenvalue weighted by molar-refractivity contribution is 0.269. The van der Waals surface area contributed by atoms with E-state index in [-0.39, 0.29) is 18.5 Å². The van der Waals surface area contributed by atoms with E-state index in [4.69, 9.17) is 5.11 Å². The van der Waals surface area contributed by atoms with Crippen LogP contribution in [0.5, 0.6) is 0 Å². The molecule has 0 saturated heterocycles. The van der Waals surface area contributed by atoms with Gasteiger partial charge in [0.05, 0.1) is 30.9 Å². The highest BCUT2D eigenvalue weighted by Gasteiger charge is 2.11. The van der Waals surface area contributed by atoms with Crippen molar-refractivity contribution in [1.29, 1.82) is 0 Å². The van der Waals surface area contributed by atoms with Gasteiger partial charge < -0.3 is 9.67 Å². The van der Waals surface area contributed by atoms with Gasteiger partial charge in [-0.2, -0.15) is 0 Å². The van der Waals surface area contributed by atoms with Gasteiger partial charge in [-0.25, -0.2) is 9.37 Å². The maximum Gasteiger partial charge on any atom is 0.123 e. The van der Waals surface area contributed by atoms with Gasteiger partial charge in [0.1, 0.15) is 5.82 Å². The van der Waals surface area contributed by atoms with Crippen molar-refractivity contribution in [2.24, 2.45) is 0 Å². The standard InChI is InChI=1S/C12H13FN2O/c1-9(10-3-2-4-11(13)5-10)15-8-14-6-12(15)7-16/h2-6,8-9,16H,7H2,1H3. The Morgan fingerprint density at radius 1 is 1.50 bits per heavy atom. The molecule has 1 aromatic heterocycles. The number of hydrogen-bond acceptors (Lipinski definition) is 2. The molecular weight excluding hydrogens is 207 g/mol. The van der Waals surface area contributed by atoms with Crippen LogP contribution in [0.25, 0.3) is 0 Å². The summed E-state index contributed by atoms with van der Waals surface area (Å²) in [5.41, 5.74) is 1.57. The molecule has 1 N–H and O–H groups in total. The van der Waals surface area contributed by atoms with E-state index in [1.807, 2.05) is 17.6 Å². The third-order valence-corrected chi connectivity index (χ3v) is 2.66. The fourth-order valence-electron chi connectivity index (χ4n) is 1.73. The molecular formula is C12H13FN2O.